The van der Waals surface area contributed by atoms with Crippen LogP contribution in [-0.4, -0.2) is 59.3 Å². The number of rotatable bonds is 12. The van der Waals surface area contributed by atoms with Crippen LogP contribution in [0.3, 0.4) is 0 Å². The Kier molecular flexibility index (Phi) is 11.3. The Balaban J connectivity index is 1.52. The highest BCUT2D eigenvalue weighted by Crippen LogP contribution is 2.52. The van der Waals surface area contributed by atoms with E-state index in [9.17, 15) is 31.2 Å². The molecule has 0 saturated heterocycles. The number of benzene rings is 3. The van der Waals surface area contributed by atoms with Crippen molar-refractivity contribution in [2.45, 2.75) is 50.4 Å². The minimum Gasteiger partial charge on any atom is -0.497 e. The van der Waals surface area contributed by atoms with Gasteiger partial charge >= 0.3 is 6.36 Å². The molecule has 3 aromatic carbocycles. The SMILES string of the molecule is COc1cc(NC(C(=O)N2CC3(CCCC3)c3ccc(OC(F)(F)F)cc32)c2ccc(Cl)cc2OC)cc(C(C)=NOC=CC(=O)NS(C)(=O)=O)c1. The third-order valence-electron chi connectivity index (χ3n) is 8.73. The lowest BCUT2D eigenvalue weighted by atomic mass is 9.81. The fourth-order valence-corrected chi connectivity index (χ4v) is 7.12. The number of nitrogens with zero attached hydrogens (tertiary/aromatic N) is 2. The van der Waals surface area contributed by atoms with Gasteiger partial charge < -0.3 is 29.3 Å². The van der Waals surface area contributed by atoms with Crippen LogP contribution in [0.1, 0.15) is 55.3 Å². The number of hydrogen-bond donors (Lipinski definition) is 2. The largest absolute Gasteiger partial charge is 0.573 e. The van der Waals surface area contributed by atoms with Crippen molar-refractivity contribution in [3.8, 4) is 17.2 Å². The number of oxime groups is 1. The summed E-state index contributed by atoms with van der Waals surface area (Å²) < 4.78 is 79.4. The molecular weight excluding hydrogens is 729 g/mol. The van der Waals surface area contributed by atoms with Gasteiger partial charge in [0.25, 0.3) is 11.8 Å². The minimum absolute atomic E-state index is 0.257. The maximum absolute atomic E-state index is 14.9. The monoisotopic (exact) mass is 764 g/mol. The zero-order valence-corrected chi connectivity index (χ0v) is 30.1. The number of sulfonamides is 1. The summed E-state index contributed by atoms with van der Waals surface area (Å²) in [6.07, 6.45) is 1.01. The van der Waals surface area contributed by atoms with Crippen LogP contribution >= 0.6 is 11.6 Å². The summed E-state index contributed by atoms with van der Waals surface area (Å²) >= 11 is 6.28. The summed E-state index contributed by atoms with van der Waals surface area (Å²) in [6.45, 7) is 1.86. The van der Waals surface area contributed by atoms with E-state index >= 15 is 0 Å². The van der Waals surface area contributed by atoms with E-state index in [1.165, 1.54) is 31.3 Å². The van der Waals surface area contributed by atoms with Gasteiger partial charge in [-0.2, -0.15) is 0 Å². The van der Waals surface area contributed by atoms with E-state index in [2.05, 4.69) is 15.2 Å². The molecule has 2 amide bonds. The average molecular weight is 765 g/mol. The molecule has 12 nitrogen and oxygen atoms in total. The Morgan fingerprint density at radius 3 is 2.40 bits per heavy atom. The van der Waals surface area contributed by atoms with Crippen LogP contribution in [0.5, 0.6) is 17.2 Å². The molecule has 1 aliphatic carbocycles. The van der Waals surface area contributed by atoms with Gasteiger partial charge in [-0.05, 0) is 55.7 Å². The molecule has 1 aliphatic heterocycles. The Bertz CT molecular complexity index is 2020. The van der Waals surface area contributed by atoms with Gasteiger partial charge in [0.05, 0.1) is 31.9 Å². The summed E-state index contributed by atoms with van der Waals surface area (Å²) in [5.41, 5.74) is 2.29. The first-order valence-corrected chi connectivity index (χ1v) is 18.2. The van der Waals surface area contributed by atoms with Gasteiger partial charge in [0.1, 0.15) is 29.6 Å². The third kappa shape index (κ3) is 9.09. The predicted molar refractivity (Wildman–Crippen MR) is 188 cm³/mol. The number of methoxy groups -OCH3 is 2. The second-order valence-corrected chi connectivity index (χ2v) is 14.6. The number of carbonyl (C=O) groups excluding carboxylic acids is 2. The maximum Gasteiger partial charge on any atom is 0.573 e. The first-order chi connectivity index (χ1) is 24.5. The average Bonchev–Trinajstić information content (AvgIpc) is 3.67. The molecule has 0 bridgehead atoms. The Morgan fingerprint density at radius 1 is 1.02 bits per heavy atom. The van der Waals surface area contributed by atoms with Gasteiger partial charge in [0.15, 0.2) is 0 Å². The lowest BCUT2D eigenvalue weighted by Gasteiger charge is -2.29. The molecule has 1 heterocycles. The topological polar surface area (TPSA) is 145 Å². The highest BCUT2D eigenvalue weighted by atomic mass is 35.5. The van der Waals surface area contributed by atoms with Crippen molar-refractivity contribution >= 4 is 50.5 Å². The molecule has 1 atom stereocenters. The minimum atomic E-state index is -4.92. The Hall–Kier alpha value is -4.96. The fourth-order valence-electron chi connectivity index (χ4n) is 6.53. The van der Waals surface area contributed by atoms with Crippen LogP contribution in [0, 0.1) is 0 Å². The number of nitrogens with one attached hydrogen (secondary N) is 2. The quantitative estimate of drug-likeness (QED) is 0.0903. The molecule has 1 fully saturated rings. The van der Waals surface area contributed by atoms with Gasteiger partial charge in [0.2, 0.25) is 10.0 Å². The molecule has 0 aromatic heterocycles. The number of fused-ring (bicyclic) bond motifs is 2. The van der Waals surface area contributed by atoms with Crippen LogP contribution in [0.4, 0.5) is 24.5 Å². The van der Waals surface area contributed by atoms with E-state index in [-0.39, 0.29) is 6.54 Å². The zero-order valence-electron chi connectivity index (χ0n) is 28.5. The molecule has 278 valence electrons. The van der Waals surface area contributed by atoms with Crippen molar-refractivity contribution in [1.82, 2.24) is 4.72 Å². The molecule has 2 aliphatic rings. The molecule has 1 unspecified atom stereocenters. The van der Waals surface area contributed by atoms with Gasteiger partial charge in [-0.15, -0.1) is 13.2 Å². The highest BCUT2D eigenvalue weighted by Gasteiger charge is 2.48. The van der Waals surface area contributed by atoms with Crippen molar-refractivity contribution in [1.29, 1.82) is 0 Å². The molecule has 3 aromatic rings. The van der Waals surface area contributed by atoms with Crippen LogP contribution in [0.25, 0.3) is 0 Å². The Morgan fingerprint density at radius 2 is 1.75 bits per heavy atom. The molecule has 1 spiro atoms. The van der Waals surface area contributed by atoms with Gasteiger partial charge in [-0.25, -0.2) is 13.1 Å². The van der Waals surface area contributed by atoms with Crippen molar-refractivity contribution in [3.63, 3.8) is 0 Å². The normalized spacial score (nSPS) is 16.1. The van der Waals surface area contributed by atoms with Crippen molar-refractivity contribution in [2.24, 2.45) is 5.16 Å². The van der Waals surface area contributed by atoms with Crippen molar-refractivity contribution in [3.05, 3.63) is 88.6 Å². The lowest BCUT2D eigenvalue weighted by Crippen LogP contribution is -2.40. The number of ether oxygens (including phenoxy) is 3. The van der Waals surface area contributed by atoms with Crippen LogP contribution in [0.15, 0.2) is 72.1 Å². The van der Waals surface area contributed by atoms with Gasteiger partial charge in [-0.3, -0.25) is 9.59 Å². The predicted octanol–water partition coefficient (Wildman–Crippen LogP) is 6.60. The fraction of sp³-hybridized carbons (Fsp3) is 0.343. The summed E-state index contributed by atoms with van der Waals surface area (Å²) in [7, 11) is -0.885. The number of alkyl halides is 3. The van der Waals surface area contributed by atoms with Gasteiger partial charge in [0, 0.05) is 52.0 Å². The second kappa shape index (κ2) is 15.3. The zero-order chi connectivity index (χ0) is 37.8. The summed E-state index contributed by atoms with van der Waals surface area (Å²) in [4.78, 5) is 33.2. The first kappa shape index (κ1) is 38.3. The number of amides is 2. The lowest BCUT2D eigenvalue weighted by molar-refractivity contribution is -0.274. The Labute approximate surface area is 303 Å². The standard InChI is InChI=1S/C35H36ClF3N4O8S/c1-21(41-50-14-11-31(44)42-52(4,46)47)22-15-24(18-26(16-22)48-2)40-32(27-9-7-23(36)17-30(27)49-3)33(45)43-20-34(12-5-6-13-34)28-10-8-25(19-29(28)43)51-35(37,38)39/h7-11,14-19,32,40H,5-6,12-13,20H2,1-4H3,(H,42,44). The van der Waals surface area contributed by atoms with Crippen LogP contribution < -0.4 is 29.1 Å². The van der Waals surface area contributed by atoms with Crippen molar-refractivity contribution in [2.75, 3.05) is 37.2 Å². The molecule has 0 radical (unpaired) electrons. The smallest absolute Gasteiger partial charge is 0.497 e. The number of hydrogen-bond acceptors (Lipinski definition) is 10. The van der Waals surface area contributed by atoms with Crippen LogP contribution in [-0.2, 0) is 29.9 Å². The van der Waals surface area contributed by atoms with Crippen LogP contribution in [0.2, 0.25) is 5.02 Å². The molecule has 52 heavy (non-hydrogen) atoms. The number of anilines is 2. The summed E-state index contributed by atoms with van der Waals surface area (Å²) in [5.74, 6) is -1.17. The summed E-state index contributed by atoms with van der Waals surface area (Å²) in [5, 5.41) is 7.60. The number of halogens is 4. The first-order valence-electron chi connectivity index (χ1n) is 15.9. The van der Waals surface area contributed by atoms with E-state index in [0.717, 1.165) is 49.8 Å². The van der Waals surface area contributed by atoms with E-state index < -0.39 is 45.4 Å². The molecule has 5 rings (SSSR count). The van der Waals surface area contributed by atoms with E-state index in [1.54, 1.807) is 54.1 Å². The van der Waals surface area contributed by atoms with Gasteiger partial charge in [-0.1, -0.05) is 41.7 Å². The maximum atomic E-state index is 14.9. The summed E-state index contributed by atoms with van der Waals surface area (Å²) in [6, 6.07) is 12.8. The number of carbonyl (C=O) groups is 2. The highest BCUT2D eigenvalue weighted by molar-refractivity contribution is 7.89. The van der Waals surface area contributed by atoms with E-state index in [0.29, 0.717) is 44.7 Å². The molecule has 17 heteroatoms. The molecule has 1 saturated carbocycles. The third-order valence-corrected chi connectivity index (χ3v) is 9.54. The van der Waals surface area contributed by atoms with Crippen molar-refractivity contribution < 1.29 is 50.2 Å². The van der Waals surface area contributed by atoms with E-state index in [4.69, 9.17) is 25.9 Å². The van der Waals surface area contributed by atoms with E-state index in [1.807, 2.05) is 0 Å². The molecule has 2 N–H and O–H groups in total. The second-order valence-electron chi connectivity index (χ2n) is 12.4. The molecular formula is C35H36ClF3N4O8S.